The lowest BCUT2D eigenvalue weighted by Crippen LogP contribution is -2.43. The van der Waals surface area contributed by atoms with Crippen LogP contribution in [0.3, 0.4) is 0 Å². The Kier molecular flexibility index (Phi) is 3.85. The summed E-state index contributed by atoms with van der Waals surface area (Å²) in [4.78, 5) is 11.5. The molecule has 1 heterocycles. The molecule has 0 saturated carbocycles. The number of rotatable bonds is 4. The quantitative estimate of drug-likeness (QED) is 0.669. The molecule has 0 spiro atoms. The van der Waals surface area contributed by atoms with Crippen LogP contribution in [0, 0.1) is 12.8 Å². The van der Waals surface area contributed by atoms with E-state index in [-0.39, 0.29) is 11.8 Å². The van der Waals surface area contributed by atoms with E-state index in [9.17, 15) is 4.79 Å². The van der Waals surface area contributed by atoms with Crippen LogP contribution in [0.25, 0.3) is 0 Å². The molecule has 84 valence electrons. The van der Waals surface area contributed by atoms with Gasteiger partial charge < -0.3 is 11.1 Å². The fourth-order valence-corrected chi connectivity index (χ4v) is 1.16. The molecule has 0 aliphatic rings. The molecule has 0 fully saturated rings. The maximum absolute atomic E-state index is 11.5. The number of carbonyl (C=O) groups excluding carboxylic acids is 1. The molecule has 0 unspecified atom stereocenters. The van der Waals surface area contributed by atoms with Gasteiger partial charge in [-0.2, -0.15) is 5.10 Å². The lowest BCUT2D eigenvalue weighted by Gasteiger charge is -2.14. The summed E-state index contributed by atoms with van der Waals surface area (Å²) in [5, 5.41) is 9.47. The maximum atomic E-state index is 11.5. The summed E-state index contributed by atoms with van der Waals surface area (Å²) < 4.78 is 0. The van der Waals surface area contributed by atoms with Crippen molar-refractivity contribution in [3.8, 4) is 0 Å². The lowest BCUT2D eigenvalue weighted by molar-refractivity contribution is -0.123. The Labute approximate surface area is 89.4 Å². The summed E-state index contributed by atoms with van der Waals surface area (Å²) in [7, 11) is 0. The van der Waals surface area contributed by atoms with Gasteiger partial charge in [0.15, 0.2) is 0 Å². The minimum absolute atomic E-state index is 0.120. The summed E-state index contributed by atoms with van der Waals surface area (Å²) >= 11 is 0. The van der Waals surface area contributed by atoms with E-state index in [0.29, 0.717) is 6.54 Å². The number of H-pyrrole nitrogens is 1. The zero-order chi connectivity index (χ0) is 11.4. The van der Waals surface area contributed by atoms with E-state index in [0.717, 1.165) is 11.3 Å². The van der Waals surface area contributed by atoms with Gasteiger partial charge in [0.1, 0.15) is 0 Å². The van der Waals surface area contributed by atoms with Crippen LogP contribution in [-0.4, -0.2) is 22.1 Å². The van der Waals surface area contributed by atoms with Gasteiger partial charge in [0.05, 0.1) is 12.2 Å². The maximum Gasteiger partial charge on any atom is 0.237 e. The van der Waals surface area contributed by atoms with E-state index in [1.54, 1.807) is 6.20 Å². The highest BCUT2D eigenvalue weighted by atomic mass is 16.2. The minimum atomic E-state index is -0.447. The molecule has 0 aliphatic heterocycles. The van der Waals surface area contributed by atoms with Crippen LogP contribution in [-0.2, 0) is 11.3 Å². The Bertz CT molecular complexity index is 332. The summed E-state index contributed by atoms with van der Waals surface area (Å²) in [6.07, 6.45) is 1.70. The first-order valence-corrected chi connectivity index (χ1v) is 5.04. The van der Waals surface area contributed by atoms with Gasteiger partial charge in [0.25, 0.3) is 0 Å². The van der Waals surface area contributed by atoms with Gasteiger partial charge in [-0.3, -0.25) is 9.89 Å². The third-order valence-corrected chi connectivity index (χ3v) is 2.41. The molecule has 5 nitrogen and oxygen atoms in total. The highest BCUT2D eigenvalue weighted by molar-refractivity contribution is 5.81. The van der Waals surface area contributed by atoms with Crippen LogP contribution >= 0.6 is 0 Å². The van der Waals surface area contributed by atoms with Crippen molar-refractivity contribution in [2.75, 3.05) is 0 Å². The van der Waals surface area contributed by atoms with Gasteiger partial charge in [-0.15, -0.1) is 0 Å². The standard InChI is InChI=1S/C10H18N4O/c1-6(2)9(11)10(15)12-4-8-5-13-14-7(8)3/h5-6,9H,4,11H2,1-3H3,(H,12,15)(H,13,14)/t9-/m1/s1. The normalized spacial score (nSPS) is 12.9. The van der Waals surface area contributed by atoms with Crippen molar-refractivity contribution < 1.29 is 4.79 Å². The average Bonchev–Trinajstić information content (AvgIpc) is 2.59. The van der Waals surface area contributed by atoms with E-state index in [4.69, 9.17) is 5.73 Å². The second kappa shape index (κ2) is 4.93. The Hall–Kier alpha value is -1.36. The minimum Gasteiger partial charge on any atom is -0.351 e. The van der Waals surface area contributed by atoms with Crippen molar-refractivity contribution in [2.24, 2.45) is 11.7 Å². The number of aromatic amines is 1. The van der Waals surface area contributed by atoms with E-state index < -0.39 is 6.04 Å². The average molecular weight is 210 g/mol. The molecule has 15 heavy (non-hydrogen) atoms. The number of nitrogens with one attached hydrogen (secondary N) is 2. The SMILES string of the molecule is Cc1[nH]ncc1CNC(=O)[C@H](N)C(C)C. The number of hydrogen-bond donors (Lipinski definition) is 3. The zero-order valence-electron chi connectivity index (χ0n) is 9.37. The Morgan fingerprint density at radius 1 is 1.67 bits per heavy atom. The summed E-state index contributed by atoms with van der Waals surface area (Å²) in [5.74, 6) is 0.0287. The first-order valence-electron chi connectivity index (χ1n) is 5.04. The Morgan fingerprint density at radius 3 is 2.80 bits per heavy atom. The van der Waals surface area contributed by atoms with Crippen LogP contribution in [0.5, 0.6) is 0 Å². The monoisotopic (exact) mass is 210 g/mol. The predicted molar refractivity (Wildman–Crippen MR) is 58.0 cm³/mol. The van der Waals surface area contributed by atoms with Gasteiger partial charge in [0, 0.05) is 17.8 Å². The Morgan fingerprint density at radius 2 is 2.33 bits per heavy atom. The molecule has 1 aromatic rings. The second-order valence-corrected chi connectivity index (χ2v) is 4.01. The fourth-order valence-electron chi connectivity index (χ4n) is 1.16. The van der Waals surface area contributed by atoms with Crippen LogP contribution in [0.4, 0.5) is 0 Å². The van der Waals surface area contributed by atoms with Gasteiger partial charge >= 0.3 is 0 Å². The Balaban J connectivity index is 2.44. The highest BCUT2D eigenvalue weighted by Gasteiger charge is 2.16. The van der Waals surface area contributed by atoms with Crippen molar-refractivity contribution in [2.45, 2.75) is 33.4 Å². The molecule has 0 saturated heterocycles. The lowest BCUT2D eigenvalue weighted by atomic mass is 10.1. The zero-order valence-corrected chi connectivity index (χ0v) is 9.37. The van der Waals surface area contributed by atoms with Gasteiger partial charge in [0.2, 0.25) is 5.91 Å². The van der Waals surface area contributed by atoms with Crippen molar-refractivity contribution >= 4 is 5.91 Å². The molecule has 0 radical (unpaired) electrons. The summed E-state index contributed by atoms with van der Waals surface area (Å²) in [5.41, 5.74) is 7.65. The van der Waals surface area contributed by atoms with Gasteiger partial charge in [-0.25, -0.2) is 0 Å². The van der Waals surface area contributed by atoms with E-state index >= 15 is 0 Å². The topological polar surface area (TPSA) is 83.8 Å². The molecular weight excluding hydrogens is 192 g/mol. The largest absolute Gasteiger partial charge is 0.351 e. The summed E-state index contributed by atoms with van der Waals surface area (Å²) in [6.45, 7) is 6.24. The molecule has 1 rings (SSSR count). The smallest absolute Gasteiger partial charge is 0.237 e. The van der Waals surface area contributed by atoms with Crippen molar-refractivity contribution in [3.05, 3.63) is 17.5 Å². The molecule has 0 aliphatic carbocycles. The van der Waals surface area contributed by atoms with Crippen LogP contribution in [0.2, 0.25) is 0 Å². The first kappa shape index (κ1) is 11.7. The highest BCUT2D eigenvalue weighted by Crippen LogP contribution is 2.03. The predicted octanol–water partition coefficient (Wildman–Crippen LogP) is 0.318. The number of amides is 1. The molecule has 0 bridgehead atoms. The van der Waals surface area contributed by atoms with E-state index in [1.165, 1.54) is 0 Å². The molecule has 1 atom stereocenters. The second-order valence-electron chi connectivity index (χ2n) is 4.01. The molecule has 0 aromatic carbocycles. The molecule has 1 amide bonds. The number of nitrogens with two attached hydrogens (primary N) is 1. The molecule has 5 heteroatoms. The van der Waals surface area contributed by atoms with Crippen LogP contribution in [0.15, 0.2) is 6.20 Å². The van der Waals surface area contributed by atoms with Crippen molar-refractivity contribution in [1.29, 1.82) is 0 Å². The van der Waals surface area contributed by atoms with Crippen molar-refractivity contribution in [3.63, 3.8) is 0 Å². The van der Waals surface area contributed by atoms with E-state index in [1.807, 2.05) is 20.8 Å². The van der Waals surface area contributed by atoms with Gasteiger partial charge in [-0.05, 0) is 12.8 Å². The van der Waals surface area contributed by atoms with Crippen LogP contribution < -0.4 is 11.1 Å². The number of aryl methyl sites for hydroxylation is 1. The van der Waals surface area contributed by atoms with Gasteiger partial charge in [-0.1, -0.05) is 13.8 Å². The van der Waals surface area contributed by atoms with Crippen LogP contribution in [0.1, 0.15) is 25.1 Å². The van der Waals surface area contributed by atoms with E-state index in [2.05, 4.69) is 15.5 Å². The fraction of sp³-hybridized carbons (Fsp3) is 0.600. The molecule has 4 N–H and O–H groups in total. The van der Waals surface area contributed by atoms with Crippen molar-refractivity contribution in [1.82, 2.24) is 15.5 Å². The molecular formula is C10H18N4O. The first-order chi connectivity index (χ1) is 7.02. The summed E-state index contributed by atoms with van der Waals surface area (Å²) in [6, 6.07) is -0.447. The molecule has 1 aromatic heterocycles. The number of hydrogen-bond acceptors (Lipinski definition) is 3. The number of carbonyl (C=O) groups is 1. The number of nitrogens with zero attached hydrogens (tertiary/aromatic N) is 1. The number of aromatic nitrogens is 2. The third-order valence-electron chi connectivity index (χ3n) is 2.41. The third kappa shape index (κ3) is 3.06.